The van der Waals surface area contributed by atoms with Crippen LogP contribution in [0.2, 0.25) is 5.02 Å². The molecule has 0 unspecified atom stereocenters. The Kier molecular flexibility index (Phi) is 4.79. The third-order valence-electron chi connectivity index (χ3n) is 2.89. The van der Waals surface area contributed by atoms with E-state index < -0.39 is 29.8 Å². The molecule has 0 spiro atoms. The minimum absolute atomic E-state index is 0.000564. The number of aromatic nitrogens is 1. The van der Waals surface area contributed by atoms with E-state index in [-0.39, 0.29) is 22.9 Å². The SMILES string of the molecule is O=C(O)c1ncc(COc2ccc(F)c(Cl)c2)c(CO)c1O. The zero-order valence-electron chi connectivity index (χ0n) is 11.1. The highest BCUT2D eigenvalue weighted by atomic mass is 35.5. The standard InChI is InChI=1S/C14H11ClFNO5/c15-10-3-8(1-2-11(10)16)22-6-7-4-17-12(14(20)21)13(19)9(7)5-18/h1-4,18-19H,5-6H2,(H,20,21). The van der Waals surface area contributed by atoms with Crippen LogP contribution >= 0.6 is 11.6 Å². The molecule has 1 aromatic carbocycles. The average molecular weight is 328 g/mol. The van der Waals surface area contributed by atoms with Gasteiger partial charge in [-0.15, -0.1) is 0 Å². The lowest BCUT2D eigenvalue weighted by Crippen LogP contribution is -2.08. The summed E-state index contributed by atoms with van der Waals surface area (Å²) in [6.45, 7) is -0.699. The predicted molar refractivity (Wildman–Crippen MR) is 74.5 cm³/mol. The van der Waals surface area contributed by atoms with Crippen LogP contribution < -0.4 is 4.74 Å². The van der Waals surface area contributed by atoms with Gasteiger partial charge >= 0.3 is 5.97 Å². The van der Waals surface area contributed by atoms with Crippen molar-refractivity contribution < 1.29 is 29.2 Å². The van der Waals surface area contributed by atoms with Gasteiger partial charge in [-0.3, -0.25) is 0 Å². The number of carboxylic acid groups (broad SMARTS) is 1. The minimum Gasteiger partial charge on any atom is -0.505 e. The molecular weight excluding hydrogens is 317 g/mol. The molecule has 0 atom stereocenters. The molecule has 1 aromatic heterocycles. The number of carbonyl (C=O) groups is 1. The van der Waals surface area contributed by atoms with Gasteiger partial charge in [0.2, 0.25) is 0 Å². The molecule has 0 aliphatic carbocycles. The number of halogens is 2. The van der Waals surface area contributed by atoms with E-state index in [1.54, 1.807) is 0 Å². The number of rotatable bonds is 5. The van der Waals surface area contributed by atoms with E-state index in [1.165, 1.54) is 18.3 Å². The Hall–Kier alpha value is -2.38. The number of aliphatic hydroxyl groups is 1. The van der Waals surface area contributed by atoms with Crippen LogP contribution in [0.1, 0.15) is 21.6 Å². The number of aromatic hydroxyl groups is 1. The number of carboxylic acids is 1. The van der Waals surface area contributed by atoms with Crippen LogP contribution in [0.25, 0.3) is 0 Å². The molecule has 6 nitrogen and oxygen atoms in total. The lowest BCUT2D eigenvalue weighted by atomic mass is 10.1. The van der Waals surface area contributed by atoms with E-state index in [2.05, 4.69) is 4.98 Å². The molecule has 0 fully saturated rings. The smallest absolute Gasteiger partial charge is 0.358 e. The van der Waals surface area contributed by atoms with Crippen molar-refractivity contribution in [2.75, 3.05) is 0 Å². The lowest BCUT2D eigenvalue weighted by Gasteiger charge is -2.12. The Balaban J connectivity index is 2.24. The molecule has 0 bridgehead atoms. The topological polar surface area (TPSA) is 99.9 Å². The van der Waals surface area contributed by atoms with Gasteiger partial charge in [-0.05, 0) is 12.1 Å². The van der Waals surface area contributed by atoms with Gasteiger partial charge in [0.05, 0.1) is 11.6 Å². The van der Waals surface area contributed by atoms with E-state index in [0.29, 0.717) is 5.56 Å². The van der Waals surface area contributed by atoms with Gasteiger partial charge in [0.1, 0.15) is 18.2 Å². The van der Waals surface area contributed by atoms with E-state index in [1.807, 2.05) is 0 Å². The molecule has 1 heterocycles. The second-order valence-corrected chi connectivity index (χ2v) is 4.69. The second kappa shape index (κ2) is 6.59. The van der Waals surface area contributed by atoms with Gasteiger partial charge < -0.3 is 20.1 Å². The largest absolute Gasteiger partial charge is 0.505 e. The van der Waals surface area contributed by atoms with Crippen LogP contribution in [0.15, 0.2) is 24.4 Å². The maximum Gasteiger partial charge on any atom is 0.358 e. The van der Waals surface area contributed by atoms with Crippen molar-refractivity contribution in [1.82, 2.24) is 4.98 Å². The van der Waals surface area contributed by atoms with Crippen molar-refractivity contribution >= 4 is 17.6 Å². The summed E-state index contributed by atoms with van der Waals surface area (Å²) in [4.78, 5) is 14.5. The minimum atomic E-state index is -1.41. The number of benzene rings is 1. The Morgan fingerprint density at radius 2 is 2.14 bits per heavy atom. The van der Waals surface area contributed by atoms with Gasteiger partial charge in [-0.2, -0.15) is 0 Å². The molecular formula is C14H11ClFNO5. The first-order valence-electron chi connectivity index (χ1n) is 6.05. The van der Waals surface area contributed by atoms with Crippen LogP contribution in [0, 0.1) is 5.82 Å². The summed E-state index contributed by atoms with van der Waals surface area (Å²) >= 11 is 5.62. The van der Waals surface area contributed by atoms with E-state index in [9.17, 15) is 19.4 Å². The van der Waals surface area contributed by atoms with Gasteiger partial charge in [-0.25, -0.2) is 14.2 Å². The van der Waals surface area contributed by atoms with Crippen LogP contribution in [0.4, 0.5) is 4.39 Å². The number of aliphatic hydroxyl groups excluding tert-OH is 1. The summed E-state index contributed by atoms with van der Waals surface area (Å²) in [5.41, 5.74) is -0.260. The zero-order valence-corrected chi connectivity index (χ0v) is 11.8. The number of ether oxygens (including phenoxy) is 1. The quantitative estimate of drug-likeness (QED) is 0.779. The van der Waals surface area contributed by atoms with E-state index in [0.717, 1.165) is 6.07 Å². The van der Waals surface area contributed by atoms with Crippen LogP contribution in [0.3, 0.4) is 0 Å². The normalized spacial score (nSPS) is 10.5. The fraction of sp³-hybridized carbons (Fsp3) is 0.143. The number of nitrogens with zero attached hydrogens (tertiary/aromatic N) is 1. The summed E-state index contributed by atoms with van der Waals surface area (Å²) < 4.78 is 18.4. The number of hydrogen-bond acceptors (Lipinski definition) is 5. The molecule has 0 radical (unpaired) electrons. The molecule has 0 aliphatic heterocycles. The molecule has 2 aromatic rings. The maximum atomic E-state index is 13.0. The van der Waals surface area contributed by atoms with Crippen LogP contribution in [0.5, 0.6) is 11.5 Å². The van der Waals surface area contributed by atoms with Crippen LogP contribution in [-0.2, 0) is 13.2 Å². The van der Waals surface area contributed by atoms with Crippen LogP contribution in [-0.4, -0.2) is 26.3 Å². The molecule has 0 saturated carbocycles. The van der Waals surface area contributed by atoms with Crippen molar-refractivity contribution in [3.63, 3.8) is 0 Å². The molecule has 0 amide bonds. The Bertz CT molecular complexity index is 723. The predicted octanol–water partition coefficient (Wildman–Crippen LogP) is 2.35. The third-order valence-corrected chi connectivity index (χ3v) is 3.18. The zero-order chi connectivity index (χ0) is 16.3. The monoisotopic (exact) mass is 327 g/mol. The molecule has 2 rings (SSSR count). The summed E-state index contributed by atoms with van der Waals surface area (Å²) in [5, 5.41) is 27.8. The fourth-order valence-electron chi connectivity index (χ4n) is 1.76. The molecule has 8 heteroatoms. The maximum absolute atomic E-state index is 13.0. The summed E-state index contributed by atoms with van der Waals surface area (Å²) in [6, 6.07) is 3.76. The van der Waals surface area contributed by atoms with Crippen molar-refractivity contribution in [2.24, 2.45) is 0 Å². The summed E-state index contributed by atoms with van der Waals surface area (Å²) in [5.74, 6) is -2.34. The van der Waals surface area contributed by atoms with Gasteiger partial charge in [0.15, 0.2) is 11.4 Å². The average Bonchev–Trinajstić information content (AvgIpc) is 2.48. The second-order valence-electron chi connectivity index (χ2n) is 4.29. The Morgan fingerprint density at radius 1 is 1.41 bits per heavy atom. The van der Waals surface area contributed by atoms with Gasteiger partial charge in [-0.1, -0.05) is 11.6 Å². The van der Waals surface area contributed by atoms with Crippen molar-refractivity contribution in [1.29, 1.82) is 0 Å². The third kappa shape index (κ3) is 3.26. The van der Waals surface area contributed by atoms with E-state index in [4.69, 9.17) is 21.4 Å². The van der Waals surface area contributed by atoms with E-state index >= 15 is 0 Å². The summed E-state index contributed by atoms with van der Waals surface area (Å²) in [7, 11) is 0. The first-order valence-corrected chi connectivity index (χ1v) is 6.43. The highest BCUT2D eigenvalue weighted by Crippen LogP contribution is 2.26. The molecule has 0 saturated heterocycles. The molecule has 3 N–H and O–H groups in total. The highest BCUT2D eigenvalue weighted by Gasteiger charge is 2.18. The fourth-order valence-corrected chi connectivity index (χ4v) is 1.93. The number of hydrogen-bond donors (Lipinski definition) is 3. The first-order chi connectivity index (χ1) is 10.4. The number of pyridine rings is 1. The van der Waals surface area contributed by atoms with Crippen molar-refractivity contribution in [2.45, 2.75) is 13.2 Å². The first kappa shape index (κ1) is 16.0. The molecule has 116 valence electrons. The number of aromatic carboxylic acids is 1. The van der Waals surface area contributed by atoms with Crippen molar-refractivity contribution in [3.05, 3.63) is 52.1 Å². The lowest BCUT2D eigenvalue weighted by molar-refractivity contribution is 0.0686. The molecule has 22 heavy (non-hydrogen) atoms. The van der Waals surface area contributed by atoms with Gasteiger partial charge in [0.25, 0.3) is 0 Å². The summed E-state index contributed by atoms with van der Waals surface area (Å²) in [6.07, 6.45) is 1.18. The molecule has 0 aliphatic rings. The Labute approximate surface area is 129 Å². The van der Waals surface area contributed by atoms with Gasteiger partial charge in [0, 0.05) is 23.4 Å². The van der Waals surface area contributed by atoms with Crippen molar-refractivity contribution in [3.8, 4) is 11.5 Å². The highest BCUT2D eigenvalue weighted by molar-refractivity contribution is 6.30. The Morgan fingerprint density at radius 3 is 2.73 bits per heavy atom.